The normalized spacial score (nSPS) is 12.0. The smallest absolute Gasteiger partial charge is 0.240 e. The molecule has 1 N–H and O–H groups in total. The van der Waals surface area contributed by atoms with E-state index in [0.717, 1.165) is 6.21 Å². The van der Waals surface area contributed by atoms with Crippen molar-refractivity contribution in [3.8, 4) is 0 Å². The first-order valence-electron chi connectivity index (χ1n) is 7.64. The molecule has 1 amide bonds. The number of rotatable bonds is 7. The molecule has 5 nitrogen and oxygen atoms in total. The summed E-state index contributed by atoms with van der Waals surface area (Å²) in [4.78, 5) is 29.3. The second-order valence-corrected chi connectivity index (χ2v) is 7.09. The van der Waals surface area contributed by atoms with Crippen molar-refractivity contribution in [3.63, 3.8) is 0 Å². The van der Waals surface area contributed by atoms with Crippen molar-refractivity contribution < 1.29 is 14.4 Å². The van der Waals surface area contributed by atoms with Crippen molar-refractivity contribution in [2.75, 3.05) is 5.32 Å². The van der Waals surface area contributed by atoms with Gasteiger partial charge in [-0.1, -0.05) is 57.6 Å². The van der Waals surface area contributed by atoms with Gasteiger partial charge in [0.1, 0.15) is 18.3 Å². The molecule has 0 aliphatic carbocycles. The van der Waals surface area contributed by atoms with E-state index in [4.69, 9.17) is 51.2 Å². The number of carbonyl (C=O) groups is 2. The van der Waals surface area contributed by atoms with Crippen molar-refractivity contribution in [2.45, 2.75) is 13.5 Å². The first kappa shape index (κ1) is 21.5. The molecular formula is C18H14Cl4N2O3. The lowest BCUT2D eigenvalue weighted by Crippen LogP contribution is -2.29. The molecule has 2 rings (SSSR count). The summed E-state index contributed by atoms with van der Waals surface area (Å²) in [6, 6.07) is 9.61. The zero-order chi connectivity index (χ0) is 20.0. The van der Waals surface area contributed by atoms with Crippen molar-refractivity contribution in [2.24, 2.45) is 11.1 Å². The molecule has 1 atom stereocenters. The maximum atomic E-state index is 12.4. The number of hydrogen-bond acceptors (Lipinski definition) is 4. The summed E-state index contributed by atoms with van der Waals surface area (Å²) < 4.78 is 0. The van der Waals surface area contributed by atoms with E-state index in [2.05, 4.69) is 10.5 Å². The first-order chi connectivity index (χ1) is 12.8. The Morgan fingerprint density at radius 1 is 1.11 bits per heavy atom. The van der Waals surface area contributed by atoms with E-state index in [1.54, 1.807) is 24.3 Å². The molecular weight excluding hydrogens is 434 g/mol. The summed E-state index contributed by atoms with van der Waals surface area (Å²) in [5.41, 5.74) is 0.879. The van der Waals surface area contributed by atoms with Gasteiger partial charge in [-0.3, -0.25) is 9.59 Å². The number of nitrogens with zero attached hydrogens (tertiary/aromatic N) is 1. The molecule has 0 aliphatic rings. The molecule has 27 heavy (non-hydrogen) atoms. The van der Waals surface area contributed by atoms with Crippen molar-refractivity contribution in [1.29, 1.82) is 0 Å². The van der Waals surface area contributed by atoms with Crippen molar-refractivity contribution in [3.05, 3.63) is 62.1 Å². The summed E-state index contributed by atoms with van der Waals surface area (Å²) >= 11 is 23.9. The summed E-state index contributed by atoms with van der Waals surface area (Å²) in [7, 11) is 0. The quantitative estimate of drug-likeness (QED) is 0.339. The molecule has 0 radical (unpaired) electrons. The van der Waals surface area contributed by atoms with Gasteiger partial charge >= 0.3 is 0 Å². The largest absolute Gasteiger partial charge is 0.391 e. The van der Waals surface area contributed by atoms with E-state index >= 15 is 0 Å². The van der Waals surface area contributed by atoms with Crippen LogP contribution in [0.15, 0.2) is 41.6 Å². The van der Waals surface area contributed by atoms with Crippen molar-refractivity contribution >= 4 is 70.0 Å². The lowest BCUT2D eigenvalue weighted by Gasteiger charge is -2.11. The highest BCUT2D eigenvalue weighted by Gasteiger charge is 2.22. The molecule has 0 saturated heterocycles. The number of benzene rings is 2. The number of ketones is 1. The molecule has 2 aromatic rings. The Morgan fingerprint density at radius 2 is 1.78 bits per heavy atom. The van der Waals surface area contributed by atoms with Crippen LogP contribution in [-0.4, -0.2) is 17.9 Å². The maximum Gasteiger partial charge on any atom is 0.240 e. The highest BCUT2D eigenvalue weighted by Crippen LogP contribution is 2.26. The van der Waals surface area contributed by atoms with Gasteiger partial charge in [0.15, 0.2) is 0 Å². The van der Waals surface area contributed by atoms with E-state index in [0.29, 0.717) is 26.3 Å². The van der Waals surface area contributed by atoms with Gasteiger partial charge in [-0.15, -0.1) is 0 Å². The third-order valence-electron chi connectivity index (χ3n) is 3.46. The number of carbonyl (C=O) groups excluding carboxylic acids is 2. The minimum atomic E-state index is -1.15. The minimum absolute atomic E-state index is 0.00966. The molecule has 0 aromatic heterocycles. The predicted octanol–water partition coefficient (Wildman–Crippen LogP) is 5.65. The number of Topliss-reactive ketones (excluding diaryl/α,β-unsaturated/α-hetero) is 1. The van der Waals surface area contributed by atoms with Crippen molar-refractivity contribution in [1.82, 2.24) is 0 Å². The van der Waals surface area contributed by atoms with Crippen LogP contribution < -0.4 is 5.32 Å². The second-order valence-electron chi connectivity index (χ2n) is 5.43. The van der Waals surface area contributed by atoms with Gasteiger partial charge in [0, 0.05) is 20.6 Å². The summed E-state index contributed by atoms with van der Waals surface area (Å²) in [5.74, 6) is -2.17. The number of oxime groups is 1. The monoisotopic (exact) mass is 446 g/mol. The van der Waals surface area contributed by atoms with Gasteiger partial charge < -0.3 is 10.2 Å². The van der Waals surface area contributed by atoms with E-state index in [1.807, 2.05) is 0 Å². The molecule has 0 fully saturated rings. The van der Waals surface area contributed by atoms with E-state index < -0.39 is 17.6 Å². The number of nitrogens with one attached hydrogen (secondary N) is 1. The zero-order valence-electron chi connectivity index (χ0n) is 14.0. The Balaban J connectivity index is 2.03. The van der Waals surface area contributed by atoms with Gasteiger partial charge in [-0.05, 0) is 37.3 Å². The van der Waals surface area contributed by atoms with E-state index in [9.17, 15) is 9.59 Å². The highest BCUT2D eigenvalue weighted by atomic mass is 35.5. The van der Waals surface area contributed by atoms with E-state index in [-0.39, 0.29) is 11.6 Å². The Labute approximate surface area is 176 Å². The number of amides is 1. The summed E-state index contributed by atoms with van der Waals surface area (Å²) in [6.45, 7) is 1.26. The van der Waals surface area contributed by atoms with Gasteiger partial charge in [-0.25, -0.2) is 0 Å². The third-order valence-corrected chi connectivity index (χ3v) is 4.72. The summed E-state index contributed by atoms with van der Waals surface area (Å²) in [5, 5.41) is 7.78. The number of hydrogen-bond donors (Lipinski definition) is 1. The lowest BCUT2D eigenvalue weighted by atomic mass is 10.1. The molecule has 142 valence electrons. The Hall–Kier alpha value is -1.79. The third kappa shape index (κ3) is 6.11. The molecule has 1 unspecified atom stereocenters. The molecule has 0 aliphatic heterocycles. The highest BCUT2D eigenvalue weighted by molar-refractivity contribution is 6.37. The van der Waals surface area contributed by atoms with Crippen LogP contribution in [0.1, 0.15) is 12.5 Å². The van der Waals surface area contributed by atoms with Gasteiger partial charge in [0.2, 0.25) is 5.91 Å². The topological polar surface area (TPSA) is 67.8 Å². The van der Waals surface area contributed by atoms with Crippen LogP contribution in [0.4, 0.5) is 5.69 Å². The second kappa shape index (κ2) is 9.95. The van der Waals surface area contributed by atoms with Gasteiger partial charge in [0.25, 0.3) is 0 Å². The Kier molecular flexibility index (Phi) is 7.92. The Bertz CT molecular complexity index is 867. The molecule has 0 heterocycles. The van der Waals surface area contributed by atoms with Crippen LogP contribution in [0, 0.1) is 5.92 Å². The lowest BCUT2D eigenvalue weighted by molar-refractivity contribution is -0.126. The number of anilines is 1. The standard InChI is InChI=1S/C18H14Cl4N2O3/c1-10(25)12(18(26)24-17-6-5-11(19)7-16(17)22)8-23-27-9-13-14(20)3-2-4-15(13)21/h2-8,12H,9H2,1H3,(H,24,26). The van der Waals surface area contributed by atoms with Crippen LogP contribution in [0.2, 0.25) is 20.1 Å². The molecule has 0 bridgehead atoms. The fourth-order valence-electron chi connectivity index (χ4n) is 2.03. The number of halogens is 4. The van der Waals surface area contributed by atoms with Crippen LogP contribution in [0.5, 0.6) is 0 Å². The van der Waals surface area contributed by atoms with Crippen LogP contribution in [0.3, 0.4) is 0 Å². The van der Waals surface area contributed by atoms with Crippen LogP contribution >= 0.6 is 46.4 Å². The average molecular weight is 448 g/mol. The minimum Gasteiger partial charge on any atom is -0.391 e. The maximum absolute atomic E-state index is 12.4. The first-order valence-corrected chi connectivity index (χ1v) is 9.15. The molecule has 0 spiro atoms. The molecule has 2 aromatic carbocycles. The molecule has 0 saturated carbocycles. The average Bonchev–Trinajstić information content (AvgIpc) is 2.59. The fraction of sp³-hybridized carbons (Fsp3) is 0.167. The SMILES string of the molecule is CC(=O)C(C=NOCc1c(Cl)cccc1Cl)C(=O)Nc1ccc(Cl)cc1Cl. The van der Waals surface area contributed by atoms with Crippen LogP contribution in [-0.2, 0) is 21.0 Å². The van der Waals surface area contributed by atoms with Crippen LogP contribution in [0.25, 0.3) is 0 Å². The predicted molar refractivity (Wildman–Crippen MR) is 109 cm³/mol. The van der Waals surface area contributed by atoms with Gasteiger partial charge in [-0.2, -0.15) is 0 Å². The molecule has 9 heteroatoms. The van der Waals surface area contributed by atoms with E-state index in [1.165, 1.54) is 19.1 Å². The fourth-order valence-corrected chi connectivity index (χ4v) is 3.00. The Morgan fingerprint density at radius 3 is 2.37 bits per heavy atom. The van der Waals surface area contributed by atoms with Gasteiger partial charge in [0.05, 0.1) is 16.9 Å². The zero-order valence-corrected chi connectivity index (χ0v) is 17.0. The summed E-state index contributed by atoms with van der Waals surface area (Å²) in [6.07, 6.45) is 1.10.